The molecule has 1 unspecified atom stereocenters. The summed E-state index contributed by atoms with van der Waals surface area (Å²) in [6.45, 7) is 16.5. The molecule has 1 N–H and O–H groups in total. The van der Waals surface area contributed by atoms with Gasteiger partial charge in [0.1, 0.15) is 0 Å². The van der Waals surface area contributed by atoms with E-state index >= 15 is 0 Å². The number of piperidine rings is 1. The van der Waals surface area contributed by atoms with Crippen LogP contribution >= 0.6 is 0 Å². The second-order valence-electron chi connectivity index (χ2n) is 9.77. The van der Waals surface area contributed by atoms with E-state index in [0.717, 1.165) is 25.2 Å². The first-order valence-electron chi connectivity index (χ1n) is 12.4. The molecule has 9 heteroatoms. The number of likely N-dealkylation sites (tertiary alicyclic amines) is 1. The maximum atomic E-state index is 13.3. The van der Waals surface area contributed by atoms with E-state index in [1.165, 1.54) is 4.31 Å². The van der Waals surface area contributed by atoms with Gasteiger partial charge in [0, 0.05) is 44.7 Å². The summed E-state index contributed by atoms with van der Waals surface area (Å²) in [5.41, 5.74) is 0.776. The monoisotopic (exact) mass is 494 g/mol. The number of anilines is 2. The van der Waals surface area contributed by atoms with E-state index in [2.05, 4.69) is 10.2 Å². The Hall–Kier alpha value is -2.13. The van der Waals surface area contributed by atoms with Crippen LogP contribution in [-0.4, -0.2) is 68.7 Å². The Morgan fingerprint density at radius 3 is 2.21 bits per heavy atom. The topological polar surface area (TPSA) is 90.0 Å². The number of carbonyl (C=O) groups excluding carboxylic acids is 2. The van der Waals surface area contributed by atoms with Crippen LogP contribution < -0.4 is 10.2 Å². The average Bonchev–Trinajstić information content (AvgIpc) is 2.80. The molecular formula is C25H42N4O4S. The minimum absolute atomic E-state index is 0.0427. The van der Waals surface area contributed by atoms with Gasteiger partial charge >= 0.3 is 0 Å². The number of nitrogens with zero attached hydrogens (tertiary/aromatic N) is 3. The molecule has 8 nitrogen and oxygen atoms in total. The van der Waals surface area contributed by atoms with Crippen molar-refractivity contribution in [2.75, 3.05) is 49.5 Å². The molecule has 0 spiro atoms. The fraction of sp³-hybridized carbons (Fsp3) is 0.680. The molecule has 0 bridgehead atoms. The number of hydrogen-bond donors (Lipinski definition) is 1. The van der Waals surface area contributed by atoms with Crippen LogP contribution in [0.2, 0.25) is 0 Å². The van der Waals surface area contributed by atoms with Crippen LogP contribution in [-0.2, 0) is 19.6 Å². The Balaban J connectivity index is 2.38. The summed E-state index contributed by atoms with van der Waals surface area (Å²) >= 11 is 0. The van der Waals surface area contributed by atoms with Gasteiger partial charge in [0.25, 0.3) is 0 Å². The summed E-state index contributed by atoms with van der Waals surface area (Å²) in [4.78, 5) is 30.1. The van der Waals surface area contributed by atoms with Crippen LogP contribution in [0.1, 0.15) is 61.3 Å². The normalized spacial score (nSPS) is 17.1. The van der Waals surface area contributed by atoms with Crippen LogP contribution in [0.25, 0.3) is 0 Å². The molecule has 1 aromatic rings. The van der Waals surface area contributed by atoms with Crippen LogP contribution in [0.4, 0.5) is 11.4 Å². The van der Waals surface area contributed by atoms with Crippen molar-refractivity contribution in [1.82, 2.24) is 9.21 Å². The highest BCUT2D eigenvalue weighted by atomic mass is 32.2. The van der Waals surface area contributed by atoms with Gasteiger partial charge in [-0.05, 0) is 44.9 Å². The summed E-state index contributed by atoms with van der Waals surface area (Å²) in [6, 6.07) is 4.96. The zero-order valence-corrected chi connectivity index (χ0v) is 22.7. The molecule has 0 radical (unpaired) electrons. The summed E-state index contributed by atoms with van der Waals surface area (Å²) in [7, 11) is -3.67. The predicted octanol–water partition coefficient (Wildman–Crippen LogP) is 3.79. The van der Waals surface area contributed by atoms with Crippen LogP contribution in [0.3, 0.4) is 0 Å². The molecule has 2 amide bonds. The molecule has 34 heavy (non-hydrogen) atoms. The van der Waals surface area contributed by atoms with Crippen LogP contribution in [0.15, 0.2) is 23.1 Å². The van der Waals surface area contributed by atoms with E-state index in [1.807, 2.05) is 48.5 Å². The molecule has 0 aromatic heterocycles. The van der Waals surface area contributed by atoms with Crippen molar-refractivity contribution in [3.05, 3.63) is 18.2 Å². The maximum absolute atomic E-state index is 13.3. The van der Waals surface area contributed by atoms with Crippen LogP contribution in [0, 0.1) is 11.3 Å². The lowest BCUT2D eigenvalue weighted by atomic mass is 9.91. The smallest absolute Gasteiger partial charge is 0.243 e. The van der Waals surface area contributed by atoms with Crippen molar-refractivity contribution in [2.24, 2.45) is 11.3 Å². The number of nitrogens with one attached hydrogen (secondary N) is 1. The molecule has 1 saturated heterocycles. The van der Waals surface area contributed by atoms with Crippen LogP contribution in [0.5, 0.6) is 0 Å². The Bertz CT molecular complexity index is 964. The molecule has 1 atom stereocenters. The van der Waals surface area contributed by atoms with Crippen molar-refractivity contribution < 1.29 is 18.0 Å². The van der Waals surface area contributed by atoms with Crippen molar-refractivity contribution in [1.29, 1.82) is 0 Å². The Kier molecular flexibility index (Phi) is 9.53. The first-order valence-corrected chi connectivity index (χ1v) is 13.8. The van der Waals surface area contributed by atoms with Crippen molar-refractivity contribution in [3.8, 4) is 0 Å². The van der Waals surface area contributed by atoms with E-state index in [-0.39, 0.29) is 22.6 Å². The molecule has 0 aliphatic carbocycles. The summed E-state index contributed by atoms with van der Waals surface area (Å²) in [5.74, 6) is -0.481. The van der Waals surface area contributed by atoms with Gasteiger partial charge in [-0.1, -0.05) is 34.6 Å². The van der Waals surface area contributed by atoms with Gasteiger partial charge in [-0.15, -0.1) is 0 Å². The summed E-state index contributed by atoms with van der Waals surface area (Å²) < 4.78 is 27.6. The lowest BCUT2D eigenvalue weighted by Crippen LogP contribution is -2.47. The first-order chi connectivity index (χ1) is 15.9. The summed E-state index contributed by atoms with van der Waals surface area (Å²) in [5, 5.41) is 3.01. The molecule has 2 rings (SSSR count). The Morgan fingerprint density at radius 1 is 1.06 bits per heavy atom. The SMILES string of the molecule is CCN(CC)c1ccc(S(=O)(=O)N(CC)CC)cc1NC(=O)C1CCCN(C(=O)C(C)(C)C)C1. The lowest BCUT2D eigenvalue weighted by molar-refractivity contribution is -0.142. The van der Waals surface area contributed by atoms with Crippen molar-refractivity contribution in [3.63, 3.8) is 0 Å². The number of hydrogen-bond acceptors (Lipinski definition) is 5. The van der Waals surface area contributed by atoms with Gasteiger partial charge in [-0.25, -0.2) is 8.42 Å². The molecule has 192 valence electrons. The van der Waals surface area contributed by atoms with Gasteiger partial charge in [0.05, 0.1) is 22.2 Å². The summed E-state index contributed by atoms with van der Waals surface area (Å²) in [6.07, 6.45) is 1.46. The highest BCUT2D eigenvalue weighted by Gasteiger charge is 2.34. The molecule has 1 aliphatic rings. The van der Waals surface area contributed by atoms with E-state index in [4.69, 9.17) is 0 Å². The molecule has 1 aliphatic heterocycles. The number of amides is 2. The number of carbonyl (C=O) groups is 2. The van der Waals surface area contributed by atoms with E-state index in [0.29, 0.717) is 38.3 Å². The lowest BCUT2D eigenvalue weighted by Gasteiger charge is -2.36. The standard InChI is InChI=1S/C25H42N4O4S/c1-8-27(9-2)22-15-14-20(34(32,33)29(10-3)11-4)17-21(22)26-23(30)19-13-12-16-28(18-19)24(31)25(5,6)7/h14-15,17,19H,8-13,16,18H2,1-7H3,(H,26,30). The zero-order valence-electron chi connectivity index (χ0n) is 21.8. The zero-order chi connectivity index (χ0) is 25.7. The first kappa shape index (κ1) is 28.1. The van der Waals surface area contributed by atoms with Crippen molar-refractivity contribution >= 4 is 33.2 Å². The number of benzene rings is 1. The predicted molar refractivity (Wildman–Crippen MR) is 137 cm³/mol. The number of rotatable bonds is 9. The second kappa shape index (κ2) is 11.5. The quantitative estimate of drug-likeness (QED) is 0.564. The maximum Gasteiger partial charge on any atom is 0.243 e. The van der Waals surface area contributed by atoms with E-state index < -0.39 is 15.4 Å². The van der Waals surface area contributed by atoms with Gasteiger partial charge < -0.3 is 15.1 Å². The fourth-order valence-corrected chi connectivity index (χ4v) is 5.90. The highest BCUT2D eigenvalue weighted by Crippen LogP contribution is 2.32. The highest BCUT2D eigenvalue weighted by molar-refractivity contribution is 7.89. The Labute approximate surface area is 205 Å². The van der Waals surface area contributed by atoms with Gasteiger partial charge in [-0.3, -0.25) is 9.59 Å². The van der Waals surface area contributed by atoms with Gasteiger partial charge in [0.15, 0.2) is 0 Å². The fourth-order valence-electron chi connectivity index (χ4n) is 4.41. The molecule has 0 saturated carbocycles. The minimum Gasteiger partial charge on any atom is -0.370 e. The van der Waals surface area contributed by atoms with Crippen molar-refractivity contribution in [2.45, 2.75) is 66.2 Å². The minimum atomic E-state index is -3.67. The third-order valence-electron chi connectivity index (χ3n) is 6.39. The molecule has 1 aromatic carbocycles. The average molecular weight is 495 g/mol. The van der Waals surface area contributed by atoms with Gasteiger partial charge in [-0.2, -0.15) is 4.31 Å². The van der Waals surface area contributed by atoms with E-state index in [9.17, 15) is 18.0 Å². The van der Waals surface area contributed by atoms with Gasteiger partial charge in [0.2, 0.25) is 21.8 Å². The molecule has 1 heterocycles. The molecule has 1 fully saturated rings. The number of sulfonamides is 1. The third-order valence-corrected chi connectivity index (χ3v) is 8.44. The molecular weight excluding hydrogens is 452 g/mol. The largest absolute Gasteiger partial charge is 0.370 e. The second-order valence-corrected chi connectivity index (χ2v) is 11.7. The van der Waals surface area contributed by atoms with E-state index in [1.54, 1.807) is 23.1 Å². The third kappa shape index (κ3) is 6.30. The Morgan fingerprint density at radius 2 is 1.68 bits per heavy atom.